The molecule has 0 aromatic heterocycles. The maximum atomic E-state index is 12.8. The summed E-state index contributed by atoms with van der Waals surface area (Å²) in [5.41, 5.74) is 1.98. The lowest BCUT2D eigenvalue weighted by Crippen LogP contribution is -2.64. The molecular formula is C21H16F3N3O. The van der Waals surface area contributed by atoms with Crippen molar-refractivity contribution < 1.29 is 18.0 Å². The molecule has 2 aliphatic rings. The zero-order valence-electron chi connectivity index (χ0n) is 14.9. The van der Waals surface area contributed by atoms with E-state index in [1.54, 1.807) is 29.2 Å². The molecule has 142 valence electrons. The van der Waals surface area contributed by atoms with Crippen LogP contribution in [-0.4, -0.2) is 28.7 Å². The highest BCUT2D eigenvalue weighted by molar-refractivity contribution is 6.12. The number of carbonyl (C=O) groups is 1. The van der Waals surface area contributed by atoms with Gasteiger partial charge in [-0.2, -0.15) is 18.4 Å². The van der Waals surface area contributed by atoms with Crippen LogP contribution in [0.4, 0.5) is 13.2 Å². The van der Waals surface area contributed by atoms with Crippen LogP contribution >= 0.6 is 0 Å². The molecular weight excluding hydrogens is 367 g/mol. The van der Waals surface area contributed by atoms with Crippen LogP contribution in [0.1, 0.15) is 41.5 Å². The third-order valence-electron chi connectivity index (χ3n) is 5.43. The quantitative estimate of drug-likeness (QED) is 0.784. The molecule has 4 nitrogen and oxygen atoms in total. The van der Waals surface area contributed by atoms with E-state index in [-0.39, 0.29) is 24.3 Å². The zero-order valence-corrected chi connectivity index (χ0v) is 14.9. The number of benzene rings is 2. The Hall–Kier alpha value is -3.14. The maximum Gasteiger partial charge on any atom is 0.416 e. The van der Waals surface area contributed by atoms with E-state index in [1.165, 1.54) is 12.1 Å². The molecule has 0 radical (unpaired) electrons. The number of hydrogen-bond acceptors (Lipinski definition) is 3. The van der Waals surface area contributed by atoms with Crippen LogP contribution in [0, 0.1) is 11.3 Å². The molecule has 3 atom stereocenters. The van der Waals surface area contributed by atoms with E-state index < -0.39 is 17.9 Å². The van der Waals surface area contributed by atoms with Crippen molar-refractivity contribution in [3.63, 3.8) is 0 Å². The molecule has 3 unspecified atom stereocenters. The minimum Gasteiger partial charge on any atom is -0.316 e. The molecule has 0 spiro atoms. The largest absolute Gasteiger partial charge is 0.416 e. The van der Waals surface area contributed by atoms with Crippen molar-refractivity contribution in [3.8, 4) is 6.07 Å². The Morgan fingerprint density at radius 1 is 1.11 bits per heavy atom. The van der Waals surface area contributed by atoms with E-state index >= 15 is 0 Å². The van der Waals surface area contributed by atoms with E-state index in [1.807, 2.05) is 13.0 Å². The molecule has 1 fully saturated rings. The molecule has 2 aromatic carbocycles. The number of carbonyl (C=O) groups excluding carboxylic acids is 1. The Balaban J connectivity index is 1.64. The molecule has 2 aliphatic heterocycles. The molecule has 2 heterocycles. The average molecular weight is 383 g/mol. The highest BCUT2D eigenvalue weighted by atomic mass is 19.4. The van der Waals surface area contributed by atoms with Crippen molar-refractivity contribution in [2.24, 2.45) is 4.99 Å². The fourth-order valence-electron chi connectivity index (χ4n) is 3.95. The monoisotopic (exact) mass is 383 g/mol. The summed E-state index contributed by atoms with van der Waals surface area (Å²) >= 11 is 0. The standard InChI is InChI=1S/C21H16F3N3O/c1-12-19(15-6-8-16(9-7-15)21(22,23)24)20-26-17(10-18(28)27(12)20)14-4-2-13(11-25)3-5-14/h2-9,12,19-20H,10H2,1H3. The number of aliphatic imine (C=N–C) groups is 1. The average Bonchev–Trinajstić information content (AvgIpc) is 2.66. The Morgan fingerprint density at radius 2 is 1.75 bits per heavy atom. The first-order valence-corrected chi connectivity index (χ1v) is 8.85. The fourth-order valence-corrected chi connectivity index (χ4v) is 3.95. The van der Waals surface area contributed by atoms with Gasteiger partial charge in [0, 0.05) is 12.0 Å². The number of rotatable bonds is 2. The van der Waals surface area contributed by atoms with Gasteiger partial charge in [0.1, 0.15) is 6.17 Å². The van der Waals surface area contributed by atoms with Gasteiger partial charge in [-0.15, -0.1) is 0 Å². The summed E-state index contributed by atoms with van der Waals surface area (Å²) in [5.74, 6) is -0.199. The van der Waals surface area contributed by atoms with Crippen LogP contribution in [0.5, 0.6) is 0 Å². The van der Waals surface area contributed by atoms with Gasteiger partial charge in [-0.25, -0.2) is 0 Å². The second-order valence-corrected chi connectivity index (χ2v) is 7.04. The van der Waals surface area contributed by atoms with Gasteiger partial charge >= 0.3 is 6.18 Å². The molecule has 0 N–H and O–H groups in total. The van der Waals surface area contributed by atoms with E-state index in [4.69, 9.17) is 10.3 Å². The first-order valence-electron chi connectivity index (χ1n) is 8.85. The molecule has 4 rings (SSSR count). The Morgan fingerprint density at radius 3 is 2.32 bits per heavy atom. The van der Waals surface area contributed by atoms with Crippen molar-refractivity contribution in [2.45, 2.75) is 37.6 Å². The molecule has 1 saturated heterocycles. The predicted octanol–water partition coefficient (Wildman–Crippen LogP) is 4.11. The van der Waals surface area contributed by atoms with Crippen LogP contribution in [-0.2, 0) is 11.0 Å². The molecule has 0 saturated carbocycles. The van der Waals surface area contributed by atoms with Crippen molar-refractivity contribution in [1.29, 1.82) is 5.26 Å². The van der Waals surface area contributed by atoms with Crippen molar-refractivity contribution in [2.75, 3.05) is 0 Å². The first-order chi connectivity index (χ1) is 13.3. The second kappa shape index (κ2) is 6.48. The smallest absolute Gasteiger partial charge is 0.316 e. The van der Waals surface area contributed by atoms with Gasteiger partial charge in [-0.05, 0) is 42.3 Å². The lowest BCUT2D eigenvalue weighted by molar-refractivity contribution is -0.146. The summed E-state index contributed by atoms with van der Waals surface area (Å²) in [4.78, 5) is 19.0. The molecule has 2 aromatic rings. The number of halogens is 3. The highest BCUT2D eigenvalue weighted by Gasteiger charge is 2.51. The summed E-state index contributed by atoms with van der Waals surface area (Å²) in [6, 6.07) is 13.9. The number of fused-ring (bicyclic) bond motifs is 1. The predicted molar refractivity (Wildman–Crippen MR) is 96.6 cm³/mol. The molecule has 7 heteroatoms. The topological polar surface area (TPSA) is 56.5 Å². The van der Waals surface area contributed by atoms with Gasteiger partial charge in [0.15, 0.2) is 0 Å². The van der Waals surface area contributed by atoms with E-state index in [9.17, 15) is 18.0 Å². The summed E-state index contributed by atoms with van der Waals surface area (Å²) in [6.45, 7) is 1.89. The minimum atomic E-state index is -4.38. The van der Waals surface area contributed by atoms with Gasteiger partial charge in [0.05, 0.1) is 29.3 Å². The van der Waals surface area contributed by atoms with E-state index in [0.29, 0.717) is 11.3 Å². The number of nitriles is 1. The number of alkyl halides is 3. The van der Waals surface area contributed by atoms with Gasteiger partial charge in [0.2, 0.25) is 5.91 Å². The van der Waals surface area contributed by atoms with Crippen LogP contribution in [0.25, 0.3) is 0 Å². The SMILES string of the molecule is CC1C(c2ccc(C(F)(F)F)cc2)C2N=C(c3ccc(C#N)cc3)CC(=O)N12. The van der Waals surface area contributed by atoms with E-state index in [2.05, 4.69) is 0 Å². The normalized spacial score (nSPS) is 24.1. The fraction of sp³-hybridized carbons (Fsp3) is 0.286. The molecule has 0 aliphatic carbocycles. The van der Waals surface area contributed by atoms with E-state index in [0.717, 1.165) is 23.3 Å². The third kappa shape index (κ3) is 2.95. The van der Waals surface area contributed by atoms with Crippen molar-refractivity contribution >= 4 is 11.6 Å². The van der Waals surface area contributed by atoms with Gasteiger partial charge in [0.25, 0.3) is 0 Å². The van der Waals surface area contributed by atoms with Crippen LogP contribution in [0.3, 0.4) is 0 Å². The minimum absolute atomic E-state index is 0.0463. The summed E-state index contributed by atoms with van der Waals surface area (Å²) in [6.07, 6.45) is -4.62. The number of amides is 1. The van der Waals surface area contributed by atoms with Gasteiger partial charge < -0.3 is 4.90 Å². The van der Waals surface area contributed by atoms with Crippen LogP contribution < -0.4 is 0 Å². The zero-order chi connectivity index (χ0) is 20.1. The van der Waals surface area contributed by atoms with Gasteiger partial charge in [-0.3, -0.25) is 9.79 Å². The summed E-state index contributed by atoms with van der Waals surface area (Å²) in [5, 5.41) is 8.92. The highest BCUT2D eigenvalue weighted by Crippen LogP contribution is 2.44. The summed E-state index contributed by atoms with van der Waals surface area (Å²) < 4.78 is 38.4. The Kier molecular flexibility index (Phi) is 4.22. The lowest BCUT2D eigenvalue weighted by atomic mass is 9.78. The number of nitrogens with zero attached hydrogens (tertiary/aromatic N) is 3. The number of hydrogen-bond donors (Lipinski definition) is 0. The van der Waals surface area contributed by atoms with Crippen LogP contribution in [0.2, 0.25) is 0 Å². The molecule has 1 amide bonds. The Labute approximate surface area is 159 Å². The maximum absolute atomic E-state index is 12.8. The Bertz CT molecular complexity index is 988. The van der Waals surface area contributed by atoms with Crippen LogP contribution in [0.15, 0.2) is 53.5 Å². The second-order valence-electron chi connectivity index (χ2n) is 7.04. The van der Waals surface area contributed by atoms with Crippen molar-refractivity contribution in [1.82, 2.24) is 4.90 Å². The lowest BCUT2D eigenvalue weighted by Gasteiger charge is -2.54. The third-order valence-corrected chi connectivity index (χ3v) is 5.43. The first kappa shape index (κ1) is 18.2. The molecule has 0 bridgehead atoms. The van der Waals surface area contributed by atoms with Crippen molar-refractivity contribution in [3.05, 3.63) is 70.8 Å². The van der Waals surface area contributed by atoms with Gasteiger partial charge in [-0.1, -0.05) is 24.3 Å². The molecule has 28 heavy (non-hydrogen) atoms. The summed E-state index contributed by atoms with van der Waals surface area (Å²) in [7, 11) is 0.